The molecule has 0 aliphatic carbocycles. The predicted molar refractivity (Wildman–Crippen MR) is 234 cm³/mol. The van der Waals surface area contributed by atoms with Gasteiger partial charge in [0.25, 0.3) is 0 Å². The van der Waals surface area contributed by atoms with E-state index in [1.165, 1.54) is 104 Å². The second-order valence-corrected chi connectivity index (χ2v) is 19.7. The van der Waals surface area contributed by atoms with Gasteiger partial charge in [0.15, 0.2) is 0 Å². The van der Waals surface area contributed by atoms with E-state index in [4.69, 9.17) is 0 Å². The van der Waals surface area contributed by atoms with E-state index in [1.807, 2.05) is 0 Å². The second-order valence-electron chi connectivity index (χ2n) is 15.3. The molecule has 0 atom stereocenters. The van der Waals surface area contributed by atoms with Crippen molar-refractivity contribution in [1.82, 2.24) is 4.57 Å². The average molecular weight is 704 g/mol. The molecule has 2 heterocycles. The first-order chi connectivity index (χ1) is 26.5. The predicted octanol–water partition coefficient (Wildman–Crippen LogP) is 12.9. The van der Waals surface area contributed by atoms with Gasteiger partial charge in [-0.25, -0.2) is 0 Å². The summed E-state index contributed by atoms with van der Waals surface area (Å²) < 4.78 is 2.49. The Morgan fingerprint density at radius 3 is 1.50 bits per heavy atom. The summed E-state index contributed by atoms with van der Waals surface area (Å²) in [5.41, 5.74) is 14.0. The molecule has 0 spiro atoms. The van der Waals surface area contributed by atoms with Crippen LogP contribution in [0.1, 0.15) is 0 Å². The first-order valence-electron chi connectivity index (χ1n) is 18.9. The van der Waals surface area contributed by atoms with E-state index in [-0.39, 0.29) is 0 Å². The Hall–Kier alpha value is -6.48. The van der Waals surface area contributed by atoms with Crippen molar-refractivity contribution in [3.63, 3.8) is 0 Å². The molecule has 0 fully saturated rings. The van der Waals surface area contributed by atoms with E-state index in [0.29, 0.717) is 0 Å². The molecule has 0 N–H and O–H groups in total. The minimum Gasteiger partial charge on any atom is -0.309 e. The van der Waals surface area contributed by atoms with Crippen molar-refractivity contribution in [2.45, 2.75) is 13.1 Å². The number of nitrogens with zero attached hydrogens (tertiary/aromatic N) is 1. The first-order valence-corrected chi connectivity index (χ1v) is 21.9. The molecule has 0 bridgehead atoms. The molecule has 0 unspecified atom stereocenters. The van der Waals surface area contributed by atoms with Gasteiger partial charge in [-0.15, -0.1) is 0 Å². The van der Waals surface area contributed by atoms with Gasteiger partial charge in [-0.3, -0.25) is 0 Å². The summed E-state index contributed by atoms with van der Waals surface area (Å²) in [5, 5.41) is 10.8. The van der Waals surface area contributed by atoms with Crippen LogP contribution in [0.5, 0.6) is 0 Å². The number of benzene rings is 9. The van der Waals surface area contributed by atoms with Gasteiger partial charge in [-0.2, -0.15) is 0 Å². The Kier molecular flexibility index (Phi) is 6.77. The van der Waals surface area contributed by atoms with Gasteiger partial charge in [0.1, 0.15) is 8.07 Å². The highest BCUT2D eigenvalue weighted by molar-refractivity contribution is 7.03. The van der Waals surface area contributed by atoms with Gasteiger partial charge in [0.05, 0.1) is 11.0 Å². The van der Waals surface area contributed by atoms with E-state index in [9.17, 15) is 0 Å². The second kappa shape index (κ2) is 11.8. The van der Waals surface area contributed by atoms with Crippen LogP contribution in [0.2, 0.25) is 13.1 Å². The van der Waals surface area contributed by atoms with Crippen molar-refractivity contribution in [3.05, 3.63) is 188 Å². The lowest BCUT2D eigenvalue weighted by Gasteiger charge is -2.21. The Labute approximate surface area is 316 Å². The Bertz CT molecular complexity index is 3020. The highest BCUT2D eigenvalue weighted by Crippen LogP contribution is 2.40. The van der Waals surface area contributed by atoms with Gasteiger partial charge >= 0.3 is 0 Å². The summed E-state index contributed by atoms with van der Waals surface area (Å²) in [5.74, 6) is 0. The molecule has 1 nitrogen and oxygen atoms in total. The third-order valence-electron chi connectivity index (χ3n) is 12.0. The van der Waals surface area contributed by atoms with Crippen LogP contribution in [0.15, 0.2) is 188 Å². The summed E-state index contributed by atoms with van der Waals surface area (Å²) in [4.78, 5) is 0. The molecule has 0 amide bonds. The van der Waals surface area contributed by atoms with Crippen molar-refractivity contribution in [2.24, 2.45) is 0 Å². The summed E-state index contributed by atoms with van der Waals surface area (Å²) in [7, 11) is -2.07. The molecule has 2 heteroatoms. The Morgan fingerprint density at radius 1 is 0.333 bits per heavy atom. The van der Waals surface area contributed by atoms with Crippen LogP contribution in [0.25, 0.3) is 93.5 Å². The molecule has 254 valence electrons. The lowest BCUT2D eigenvalue weighted by Crippen LogP contribution is -2.49. The third kappa shape index (κ3) is 4.63. The molecule has 11 rings (SSSR count). The van der Waals surface area contributed by atoms with Gasteiger partial charge in [-0.05, 0) is 119 Å². The molecule has 10 aromatic rings. The topological polar surface area (TPSA) is 4.93 Å². The van der Waals surface area contributed by atoms with Gasteiger partial charge in [-0.1, -0.05) is 159 Å². The van der Waals surface area contributed by atoms with Crippen molar-refractivity contribution in [3.8, 4) is 50.2 Å². The molecular weight excluding hydrogens is 667 g/mol. The van der Waals surface area contributed by atoms with E-state index >= 15 is 0 Å². The SMILES string of the molecule is C[Si]1(C)c2cc(-c3cc4ccccc4c4ccccc34)ccc2-c2ccc(-n3c4ccc(-c5ccccc5)cc4c4cc(-c5ccccc5)ccc43)cc21. The van der Waals surface area contributed by atoms with E-state index in [1.54, 1.807) is 0 Å². The van der Waals surface area contributed by atoms with Crippen molar-refractivity contribution in [1.29, 1.82) is 0 Å². The fourth-order valence-electron chi connectivity index (χ4n) is 9.25. The van der Waals surface area contributed by atoms with Crippen LogP contribution in [-0.2, 0) is 0 Å². The van der Waals surface area contributed by atoms with Gasteiger partial charge in [0.2, 0.25) is 0 Å². The lowest BCUT2D eigenvalue weighted by molar-refractivity contribution is 1.18. The monoisotopic (exact) mass is 703 g/mol. The summed E-state index contributed by atoms with van der Waals surface area (Å²) >= 11 is 0. The van der Waals surface area contributed by atoms with Crippen LogP contribution in [0.3, 0.4) is 0 Å². The molecule has 1 aromatic heterocycles. The van der Waals surface area contributed by atoms with Gasteiger partial charge in [0, 0.05) is 16.5 Å². The van der Waals surface area contributed by atoms with Crippen LogP contribution in [0.4, 0.5) is 0 Å². The largest absolute Gasteiger partial charge is 0.309 e. The van der Waals surface area contributed by atoms with Crippen molar-refractivity contribution >= 4 is 61.8 Å². The molecule has 0 saturated heterocycles. The maximum absolute atomic E-state index is 2.54. The number of rotatable bonds is 4. The van der Waals surface area contributed by atoms with Crippen LogP contribution < -0.4 is 10.4 Å². The number of aromatic nitrogens is 1. The normalized spacial score (nSPS) is 13.1. The molecule has 54 heavy (non-hydrogen) atoms. The minimum atomic E-state index is -2.07. The van der Waals surface area contributed by atoms with E-state index in [0.717, 1.165) is 0 Å². The average Bonchev–Trinajstić information content (AvgIpc) is 3.67. The zero-order valence-electron chi connectivity index (χ0n) is 30.3. The highest BCUT2D eigenvalue weighted by Gasteiger charge is 2.38. The number of hydrogen-bond acceptors (Lipinski definition) is 0. The minimum absolute atomic E-state index is 1.22. The zero-order chi connectivity index (χ0) is 36.0. The fourth-order valence-corrected chi connectivity index (χ4v) is 12.3. The third-order valence-corrected chi connectivity index (χ3v) is 15.5. The zero-order valence-corrected chi connectivity index (χ0v) is 31.3. The highest BCUT2D eigenvalue weighted by atomic mass is 28.3. The number of fused-ring (bicyclic) bond motifs is 9. The molecule has 0 saturated carbocycles. The Balaban J connectivity index is 1.07. The first kappa shape index (κ1) is 31.1. The molecule has 1 aliphatic heterocycles. The molecule has 0 radical (unpaired) electrons. The Morgan fingerprint density at radius 2 is 0.852 bits per heavy atom. The standard InChI is InChI=1S/C52H37NSi/c1-54(2)51-32-39(46-31-38-17-9-10-18-41(38)42-19-11-12-20-43(42)46)21-25-44(51)45-26-24-40(33-52(45)54)53-49-27-22-36(34-13-5-3-6-14-34)29-47(49)48-30-37(23-28-50(48)53)35-15-7-4-8-16-35/h3-33H,1-2H3. The van der Waals surface area contributed by atoms with Crippen molar-refractivity contribution in [2.75, 3.05) is 0 Å². The molecule has 9 aromatic carbocycles. The van der Waals surface area contributed by atoms with Crippen LogP contribution in [-0.4, -0.2) is 12.6 Å². The van der Waals surface area contributed by atoms with E-state index < -0.39 is 8.07 Å². The van der Waals surface area contributed by atoms with E-state index in [2.05, 4.69) is 206 Å². The summed E-state index contributed by atoms with van der Waals surface area (Å²) in [6, 6.07) is 70.0. The van der Waals surface area contributed by atoms with Crippen LogP contribution >= 0.6 is 0 Å². The van der Waals surface area contributed by atoms with Crippen LogP contribution in [0, 0.1) is 0 Å². The van der Waals surface area contributed by atoms with Gasteiger partial charge < -0.3 is 4.57 Å². The maximum atomic E-state index is 2.54. The lowest BCUT2D eigenvalue weighted by atomic mass is 9.92. The fraction of sp³-hybridized carbons (Fsp3) is 0.0385. The number of hydrogen-bond donors (Lipinski definition) is 0. The summed E-state index contributed by atoms with van der Waals surface area (Å²) in [6.07, 6.45) is 0. The maximum Gasteiger partial charge on any atom is 0.113 e. The van der Waals surface area contributed by atoms with Crippen molar-refractivity contribution < 1.29 is 0 Å². The quantitative estimate of drug-likeness (QED) is 0.127. The molecule has 1 aliphatic rings. The summed E-state index contributed by atoms with van der Waals surface area (Å²) in [6.45, 7) is 5.07. The molecular formula is C52H37NSi. The smallest absolute Gasteiger partial charge is 0.113 e.